The molecule has 118 valence electrons. The Morgan fingerprint density at radius 2 is 1.67 bits per heavy atom. The number of hydrogen-bond donors (Lipinski definition) is 1. The first-order valence-corrected chi connectivity index (χ1v) is 7.79. The molecular weight excluding hydrogens is 262 g/mol. The van der Waals surface area contributed by atoms with Crippen LogP contribution in [0.25, 0.3) is 0 Å². The Morgan fingerprint density at radius 1 is 1.14 bits per heavy atom. The third-order valence-electron chi connectivity index (χ3n) is 4.12. The molecule has 1 aromatic rings. The van der Waals surface area contributed by atoms with Crippen LogP contribution >= 0.6 is 0 Å². The lowest BCUT2D eigenvalue weighted by Gasteiger charge is -2.34. The van der Waals surface area contributed by atoms with Gasteiger partial charge in [-0.05, 0) is 71.2 Å². The molecule has 0 spiro atoms. The van der Waals surface area contributed by atoms with Crippen molar-refractivity contribution in [3.63, 3.8) is 0 Å². The average molecular weight is 291 g/mol. The van der Waals surface area contributed by atoms with Crippen molar-refractivity contribution in [3.8, 4) is 0 Å². The summed E-state index contributed by atoms with van der Waals surface area (Å²) in [4.78, 5) is 13.1. The van der Waals surface area contributed by atoms with Crippen LogP contribution in [-0.2, 0) is 4.79 Å². The first-order valence-electron chi connectivity index (χ1n) is 7.79. The number of aliphatic carboxylic acids is 1. The largest absolute Gasteiger partial charge is 0.481 e. The molecule has 1 unspecified atom stereocenters. The molecule has 3 nitrogen and oxygen atoms in total. The van der Waals surface area contributed by atoms with E-state index in [1.54, 1.807) is 0 Å². The summed E-state index contributed by atoms with van der Waals surface area (Å²) in [5.41, 5.74) is 5.32. The standard InChI is InChI=1S/C18H29NO2/c1-12(2)19(9-7-8-17(20)21)16(6)18-14(4)10-13(3)11-15(18)5/h10-12,16H,7-9H2,1-6H3,(H,20,21). The fourth-order valence-electron chi connectivity index (χ4n) is 3.33. The minimum atomic E-state index is -0.714. The summed E-state index contributed by atoms with van der Waals surface area (Å²) in [6, 6.07) is 5.16. The Hall–Kier alpha value is -1.35. The molecule has 0 fully saturated rings. The van der Waals surface area contributed by atoms with Gasteiger partial charge in [0.2, 0.25) is 0 Å². The van der Waals surface area contributed by atoms with E-state index in [1.165, 1.54) is 22.3 Å². The summed E-state index contributed by atoms with van der Waals surface area (Å²) in [6.45, 7) is 13.9. The van der Waals surface area contributed by atoms with Gasteiger partial charge in [0.1, 0.15) is 0 Å². The Labute approximate surface area is 129 Å². The van der Waals surface area contributed by atoms with Gasteiger partial charge in [0.05, 0.1) is 0 Å². The highest BCUT2D eigenvalue weighted by atomic mass is 16.4. The number of nitrogens with zero attached hydrogens (tertiary/aromatic N) is 1. The molecule has 1 rings (SSSR count). The maximum absolute atomic E-state index is 10.7. The van der Waals surface area contributed by atoms with Crippen molar-refractivity contribution in [2.45, 2.75) is 66.5 Å². The second-order valence-electron chi connectivity index (χ2n) is 6.32. The number of carbonyl (C=O) groups is 1. The van der Waals surface area contributed by atoms with Crippen LogP contribution in [0, 0.1) is 20.8 Å². The molecule has 0 saturated heterocycles. The lowest BCUT2D eigenvalue weighted by Crippen LogP contribution is -2.35. The molecule has 0 amide bonds. The van der Waals surface area contributed by atoms with E-state index in [0.29, 0.717) is 18.5 Å². The Balaban J connectivity index is 2.95. The van der Waals surface area contributed by atoms with Gasteiger partial charge in [-0.2, -0.15) is 0 Å². The minimum absolute atomic E-state index is 0.238. The lowest BCUT2D eigenvalue weighted by molar-refractivity contribution is -0.137. The SMILES string of the molecule is Cc1cc(C)c(C(C)N(CCCC(=O)O)C(C)C)c(C)c1. The molecule has 0 aliphatic carbocycles. The normalized spacial score (nSPS) is 13.0. The van der Waals surface area contributed by atoms with E-state index in [2.05, 4.69) is 58.6 Å². The first kappa shape index (κ1) is 17.7. The van der Waals surface area contributed by atoms with Gasteiger partial charge in [-0.1, -0.05) is 17.7 Å². The van der Waals surface area contributed by atoms with Gasteiger partial charge in [0.15, 0.2) is 0 Å². The number of hydrogen-bond acceptors (Lipinski definition) is 2. The molecule has 0 aliphatic heterocycles. The molecular formula is C18H29NO2. The zero-order chi connectivity index (χ0) is 16.2. The average Bonchev–Trinajstić information content (AvgIpc) is 2.32. The topological polar surface area (TPSA) is 40.5 Å². The van der Waals surface area contributed by atoms with Crippen LogP contribution in [0.2, 0.25) is 0 Å². The smallest absolute Gasteiger partial charge is 0.303 e. The molecule has 1 aromatic carbocycles. The van der Waals surface area contributed by atoms with Crippen molar-refractivity contribution >= 4 is 5.97 Å². The maximum Gasteiger partial charge on any atom is 0.303 e. The molecule has 0 radical (unpaired) electrons. The number of benzene rings is 1. The highest BCUT2D eigenvalue weighted by Crippen LogP contribution is 2.29. The van der Waals surface area contributed by atoms with Crippen molar-refractivity contribution < 1.29 is 9.90 Å². The van der Waals surface area contributed by atoms with E-state index in [9.17, 15) is 4.79 Å². The monoisotopic (exact) mass is 291 g/mol. The summed E-state index contributed by atoms with van der Waals surface area (Å²) in [5, 5.41) is 8.82. The molecule has 0 aliphatic rings. The molecule has 0 heterocycles. The first-order chi connectivity index (χ1) is 9.73. The van der Waals surface area contributed by atoms with Gasteiger partial charge in [-0.3, -0.25) is 9.69 Å². The van der Waals surface area contributed by atoms with Crippen molar-refractivity contribution in [1.29, 1.82) is 0 Å². The molecule has 21 heavy (non-hydrogen) atoms. The van der Waals surface area contributed by atoms with Crippen molar-refractivity contribution in [2.24, 2.45) is 0 Å². The Bertz CT molecular complexity index is 471. The molecule has 1 atom stereocenters. The van der Waals surface area contributed by atoms with Gasteiger partial charge in [-0.15, -0.1) is 0 Å². The highest BCUT2D eigenvalue weighted by Gasteiger charge is 2.21. The van der Waals surface area contributed by atoms with Crippen LogP contribution < -0.4 is 0 Å². The summed E-state index contributed by atoms with van der Waals surface area (Å²) in [6.07, 6.45) is 0.934. The quantitative estimate of drug-likeness (QED) is 0.816. The number of rotatable bonds is 7. The van der Waals surface area contributed by atoms with Crippen molar-refractivity contribution in [3.05, 3.63) is 34.4 Å². The van der Waals surface area contributed by atoms with Crippen molar-refractivity contribution in [2.75, 3.05) is 6.54 Å². The van der Waals surface area contributed by atoms with Crippen LogP contribution in [0.15, 0.2) is 12.1 Å². The van der Waals surface area contributed by atoms with Crippen LogP contribution in [0.4, 0.5) is 0 Å². The van der Waals surface area contributed by atoms with E-state index in [0.717, 1.165) is 6.54 Å². The predicted molar refractivity (Wildman–Crippen MR) is 87.8 cm³/mol. The van der Waals surface area contributed by atoms with E-state index in [-0.39, 0.29) is 6.42 Å². The van der Waals surface area contributed by atoms with Gasteiger partial charge >= 0.3 is 5.97 Å². The van der Waals surface area contributed by atoms with E-state index in [1.807, 2.05) is 0 Å². The zero-order valence-corrected chi connectivity index (χ0v) is 14.2. The summed E-state index contributed by atoms with van der Waals surface area (Å²) in [7, 11) is 0. The number of carboxylic acids is 1. The minimum Gasteiger partial charge on any atom is -0.481 e. The van der Waals surface area contributed by atoms with Crippen LogP contribution in [-0.4, -0.2) is 28.6 Å². The fourth-order valence-corrected chi connectivity index (χ4v) is 3.33. The van der Waals surface area contributed by atoms with E-state index >= 15 is 0 Å². The van der Waals surface area contributed by atoms with Crippen LogP contribution in [0.1, 0.15) is 61.9 Å². The highest BCUT2D eigenvalue weighted by molar-refractivity contribution is 5.66. The van der Waals surface area contributed by atoms with E-state index < -0.39 is 5.97 Å². The zero-order valence-electron chi connectivity index (χ0n) is 14.2. The molecule has 0 saturated carbocycles. The predicted octanol–water partition coefficient (Wildman–Crippen LogP) is 4.25. The summed E-state index contributed by atoms with van der Waals surface area (Å²) in [5.74, 6) is -0.714. The molecule has 3 heteroatoms. The van der Waals surface area contributed by atoms with Gasteiger partial charge in [-0.25, -0.2) is 0 Å². The van der Waals surface area contributed by atoms with Crippen LogP contribution in [0.3, 0.4) is 0 Å². The maximum atomic E-state index is 10.7. The second-order valence-corrected chi connectivity index (χ2v) is 6.32. The summed E-state index contributed by atoms with van der Waals surface area (Å²) >= 11 is 0. The van der Waals surface area contributed by atoms with E-state index in [4.69, 9.17) is 5.11 Å². The van der Waals surface area contributed by atoms with Gasteiger partial charge in [0.25, 0.3) is 0 Å². The Morgan fingerprint density at radius 3 is 2.10 bits per heavy atom. The van der Waals surface area contributed by atoms with Crippen molar-refractivity contribution in [1.82, 2.24) is 4.90 Å². The number of aryl methyl sites for hydroxylation is 3. The fraction of sp³-hybridized carbons (Fsp3) is 0.611. The summed E-state index contributed by atoms with van der Waals surface area (Å²) < 4.78 is 0. The molecule has 0 aromatic heterocycles. The third-order valence-corrected chi connectivity index (χ3v) is 4.12. The van der Waals surface area contributed by atoms with Crippen LogP contribution in [0.5, 0.6) is 0 Å². The molecule has 0 bridgehead atoms. The lowest BCUT2D eigenvalue weighted by atomic mass is 9.93. The number of carboxylic acid groups (broad SMARTS) is 1. The third kappa shape index (κ3) is 4.85. The van der Waals surface area contributed by atoms with Gasteiger partial charge in [0, 0.05) is 18.5 Å². The molecule has 1 N–H and O–H groups in total. The second kappa shape index (κ2) is 7.60. The Kier molecular flexibility index (Phi) is 6.41. The van der Waals surface area contributed by atoms with Gasteiger partial charge < -0.3 is 5.11 Å².